The Bertz CT molecular complexity index is 1270. The highest BCUT2D eigenvalue weighted by atomic mass is 16.6. The minimum atomic E-state index is -1.02. The maximum atomic E-state index is 13.5. The number of amides is 3. The van der Waals surface area contributed by atoms with Gasteiger partial charge < -0.3 is 25.8 Å². The number of hydrogen-bond acceptors (Lipinski definition) is 7. The predicted octanol–water partition coefficient (Wildman–Crippen LogP) is 2.81. The monoisotopic (exact) mass is 525 g/mol. The molecule has 2 aromatic rings. The van der Waals surface area contributed by atoms with Crippen molar-refractivity contribution in [1.82, 2.24) is 20.5 Å². The van der Waals surface area contributed by atoms with E-state index in [1.54, 1.807) is 32.9 Å². The zero-order valence-electron chi connectivity index (χ0n) is 22.3. The molecule has 11 heteroatoms. The predicted molar refractivity (Wildman–Crippen MR) is 139 cm³/mol. The molecule has 1 aliphatic rings. The maximum absolute atomic E-state index is 13.5. The number of nitriles is 1. The lowest BCUT2D eigenvalue weighted by atomic mass is 9.98. The lowest BCUT2D eigenvalue weighted by Crippen LogP contribution is -2.50. The number of nitrogens with zero attached hydrogens (tertiary/aromatic N) is 2. The van der Waals surface area contributed by atoms with Crippen LogP contribution in [0.3, 0.4) is 0 Å². The normalized spacial score (nSPS) is 17.0. The van der Waals surface area contributed by atoms with Crippen molar-refractivity contribution in [3.8, 4) is 11.8 Å². The van der Waals surface area contributed by atoms with Crippen LogP contribution >= 0.6 is 0 Å². The van der Waals surface area contributed by atoms with E-state index in [4.69, 9.17) is 4.74 Å². The summed E-state index contributed by atoms with van der Waals surface area (Å²) in [5.41, 5.74) is -0.689. The van der Waals surface area contributed by atoms with Crippen molar-refractivity contribution in [1.29, 1.82) is 5.26 Å². The lowest BCUT2D eigenvalue weighted by Gasteiger charge is -2.23. The average molecular weight is 526 g/mol. The maximum Gasteiger partial charge on any atom is 0.419 e. The standard InChI is InChI=1S/C27H35N5O6/c1-15(2)11-19(24(35)30-17(14-28)12-16-9-10-29-23(16)34)31-25(36)21-13-18-20(7-6-8-22(18)33)32(21)26(37)38-27(3,4)5/h6-8,13,15-17,19,33H,9-12H2,1-5H3,(H,29,34)(H,30,35)(H,31,36). The molecule has 1 saturated heterocycles. The smallest absolute Gasteiger partial charge is 0.419 e. The van der Waals surface area contributed by atoms with Gasteiger partial charge in [-0.2, -0.15) is 5.26 Å². The van der Waals surface area contributed by atoms with Gasteiger partial charge in [-0.25, -0.2) is 9.36 Å². The van der Waals surface area contributed by atoms with Gasteiger partial charge in [-0.05, 0) is 64.2 Å². The molecule has 0 saturated carbocycles. The molecule has 0 radical (unpaired) electrons. The SMILES string of the molecule is CC(C)CC(NC(=O)c1cc2c(O)cccc2n1C(=O)OC(C)(C)C)C(=O)NC(C#N)CC1CCNC1=O. The van der Waals surface area contributed by atoms with Gasteiger partial charge in [0.05, 0.1) is 11.6 Å². The summed E-state index contributed by atoms with van der Waals surface area (Å²) in [6.07, 6.45) is 0.203. The van der Waals surface area contributed by atoms with E-state index >= 15 is 0 Å². The van der Waals surface area contributed by atoms with Crippen molar-refractivity contribution in [2.24, 2.45) is 11.8 Å². The summed E-state index contributed by atoms with van der Waals surface area (Å²) in [5, 5.41) is 28.2. The van der Waals surface area contributed by atoms with Crippen LogP contribution in [0.1, 0.15) is 64.4 Å². The Hall–Kier alpha value is -4.07. The van der Waals surface area contributed by atoms with Crippen molar-refractivity contribution in [2.75, 3.05) is 6.54 Å². The second-order valence-electron chi connectivity index (χ2n) is 10.9. The van der Waals surface area contributed by atoms with Gasteiger partial charge in [-0.1, -0.05) is 19.9 Å². The Labute approximate surface area is 221 Å². The van der Waals surface area contributed by atoms with Crippen LogP contribution in [0, 0.1) is 23.2 Å². The van der Waals surface area contributed by atoms with Gasteiger partial charge >= 0.3 is 6.09 Å². The molecular weight excluding hydrogens is 490 g/mol. The molecule has 0 spiro atoms. The van der Waals surface area contributed by atoms with E-state index in [1.807, 2.05) is 19.9 Å². The molecule has 3 unspecified atom stereocenters. The summed E-state index contributed by atoms with van der Waals surface area (Å²) in [7, 11) is 0. The summed E-state index contributed by atoms with van der Waals surface area (Å²) in [5.74, 6) is -1.92. The van der Waals surface area contributed by atoms with Crippen molar-refractivity contribution < 1.29 is 29.0 Å². The van der Waals surface area contributed by atoms with E-state index in [2.05, 4.69) is 16.0 Å². The van der Waals surface area contributed by atoms with Gasteiger partial charge in [-0.3, -0.25) is 14.4 Å². The van der Waals surface area contributed by atoms with Crippen molar-refractivity contribution >= 4 is 34.7 Å². The van der Waals surface area contributed by atoms with E-state index in [9.17, 15) is 29.5 Å². The van der Waals surface area contributed by atoms with Crippen LogP contribution in [0.25, 0.3) is 10.9 Å². The van der Waals surface area contributed by atoms with Gasteiger partial charge in [0.25, 0.3) is 5.91 Å². The fraction of sp³-hybridized carbons (Fsp3) is 0.519. The third-order valence-electron chi connectivity index (χ3n) is 6.12. The number of aromatic hydroxyl groups is 1. The Morgan fingerprint density at radius 1 is 1.26 bits per heavy atom. The average Bonchev–Trinajstić information content (AvgIpc) is 3.41. The molecule has 11 nitrogen and oxygen atoms in total. The third kappa shape index (κ3) is 6.82. The van der Waals surface area contributed by atoms with Crippen molar-refractivity contribution in [3.63, 3.8) is 0 Å². The number of nitrogens with one attached hydrogen (secondary N) is 3. The van der Waals surface area contributed by atoms with Gasteiger partial charge in [-0.15, -0.1) is 0 Å². The zero-order chi connectivity index (χ0) is 28.2. The number of carbonyl (C=O) groups is 4. The molecule has 0 bridgehead atoms. The second kappa shape index (κ2) is 11.5. The van der Waals surface area contributed by atoms with Crippen molar-refractivity contribution in [3.05, 3.63) is 30.0 Å². The fourth-order valence-corrected chi connectivity index (χ4v) is 4.39. The van der Waals surface area contributed by atoms with Crippen LogP contribution in [0.2, 0.25) is 0 Å². The molecule has 204 valence electrons. The molecule has 1 aliphatic heterocycles. The molecule has 2 heterocycles. The number of ether oxygens (including phenoxy) is 1. The van der Waals surface area contributed by atoms with Gasteiger partial charge in [0, 0.05) is 17.8 Å². The van der Waals surface area contributed by atoms with Crippen LogP contribution in [0.15, 0.2) is 24.3 Å². The van der Waals surface area contributed by atoms with E-state index in [0.29, 0.717) is 13.0 Å². The first-order valence-electron chi connectivity index (χ1n) is 12.7. The van der Waals surface area contributed by atoms with Crippen LogP contribution in [-0.4, -0.2) is 57.7 Å². The molecule has 4 N–H and O–H groups in total. The first-order chi connectivity index (χ1) is 17.8. The number of benzene rings is 1. The molecule has 1 aromatic carbocycles. The highest BCUT2D eigenvalue weighted by molar-refractivity contribution is 6.06. The summed E-state index contributed by atoms with van der Waals surface area (Å²) in [4.78, 5) is 51.7. The summed E-state index contributed by atoms with van der Waals surface area (Å²) in [6, 6.07) is 6.02. The molecule has 38 heavy (non-hydrogen) atoms. The Morgan fingerprint density at radius 3 is 2.55 bits per heavy atom. The zero-order valence-corrected chi connectivity index (χ0v) is 22.3. The largest absolute Gasteiger partial charge is 0.507 e. The molecular formula is C27H35N5O6. The van der Waals surface area contributed by atoms with Gasteiger partial charge in [0.15, 0.2) is 0 Å². The summed E-state index contributed by atoms with van der Waals surface area (Å²) >= 11 is 0. The second-order valence-corrected chi connectivity index (χ2v) is 10.9. The fourth-order valence-electron chi connectivity index (χ4n) is 4.39. The van der Waals surface area contributed by atoms with Crippen LogP contribution in [0.4, 0.5) is 4.79 Å². The number of rotatable bonds is 8. The van der Waals surface area contributed by atoms with Gasteiger partial charge in [0.2, 0.25) is 11.8 Å². The third-order valence-corrected chi connectivity index (χ3v) is 6.12. The number of carbonyl (C=O) groups excluding carboxylic acids is 4. The first-order valence-corrected chi connectivity index (χ1v) is 12.7. The minimum absolute atomic E-state index is 0.00736. The quantitative estimate of drug-likeness (QED) is 0.412. The van der Waals surface area contributed by atoms with E-state index in [0.717, 1.165) is 4.57 Å². The Morgan fingerprint density at radius 2 is 1.97 bits per heavy atom. The van der Waals surface area contributed by atoms with E-state index in [-0.39, 0.29) is 52.9 Å². The van der Waals surface area contributed by atoms with Crippen LogP contribution < -0.4 is 16.0 Å². The Kier molecular flexibility index (Phi) is 8.66. The van der Waals surface area contributed by atoms with Gasteiger partial charge in [0.1, 0.15) is 29.1 Å². The van der Waals surface area contributed by atoms with E-state index < -0.39 is 35.6 Å². The number of fused-ring (bicyclic) bond motifs is 1. The molecule has 1 aromatic heterocycles. The van der Waals surface area contributed by atoms with E-state index in [1.165, 1.54) is 12.1 Å². The highest BCUT2D eigenvalue weighted by Gasteiger charge is 2.32. The molecule has 3 atom stereocenters. The molecule has 0 aliphatic carbocycles. The topological polar surface area (TPSA) is 163 Å². The van der Waals surface area contributed by atoms with Crippen LogP contribution in [0.5, 0.6) is 5.75 Å². The van der Waals surface area contributed by atoms with Crippen LogP contribution in [-0.2, 0) is 14.3 Å². The minimum Gasteiger partial charge on any atom is -0.507 e. The summed E-state index contributed by atoms with van der Waals surface area (Å²) < 4.78 is 6.56. The molecule has 1 fully saturated rings. The number of hydrogen-bond donors (Lipinski definition) is 4. The Balaban J connectivity index is 1.88. The molecule has 3 amide bonds. The highest BCUT2D eigenvalue weighted by Crippen LogP contribution is 2.29. The van der Waals surface area contributed by atoms with Crippen molar-refractivity contribution in [2.45, 2.75) is 71.6 Å². The lowest BCUT2D eigenvalue weighted by molar-refractivity contribution is -0.125. The molecule has 3 rings (SSSR count). The number of aromatic nitrogens is 1. The summed E-state index contributed by atoms with van der Waals surface area (Å²) in [6.45, 7) is 9.37. The number of phenols is 1. The first kappa shape index (κ1) is 28.5. The number of phenolic OH excluding ortho intramolecular Hbond substituents is 1.